The van der Waals surface area contributed by atoms with Crippen LogP contribution in [0.25, 0.3) is 0 Å². The van der Waals surface area contributed by atoms with Crippen LogP contribution in [0, 0.1) is 11.7 Å². The molecule has 2 aromatic carbocycles. The predicted octanol–water partition coefficient (Wildman–Crippen LogP) is 4.47. The smallest absolute Gasteiger partial charge is 0.225 e. The molecule has 2 atom stereocenters. The van der Waals surface area contributed by atoms with Crippen LogP contribution in [0.15, 0.2) is 47.4 Å². The van der Waals surface area contributed by atoms with Crippen LogP contribution < -0.4 is 0 Å². The summed E-state index contributed by atoms with van der Waals surface area (Å²) in [4.78, 5) is 15.0. The largest absolute Gasteiger partial charge is 0.338 e. The van der Waals surface area contributed by atoms with E-state index in [1.165, 1.54) is 12.1 Å². The molecule has 0 spiro atoms. The van der Waals surface area contributed by atoms with Crippen LogP contribution in [0.1, 0.15) is 50.4 Å². The summed E-state index contributed by atoms with van der Waals surface area (Å²) >= 11 is 0. The Hall–Kier alpha value is -2.05. The van der Waals surface area contributed by atoms with E-state index in [-0.39, 0.29) is 23.7 Å². The second-order valence-electron chi connectivity index (χ2n) is 7.81. The highest BCUT2D eigenvalue weighted by molar-refractivity contribution is 7.82. The molecular formula is C23H29FN2O2S. The van der Waals surface area contributed by atoms with Gasteiger partial charge in [0.1, 0.15) is 16.8 Å². The lowest BCUT2D eigenvalue weighted by molar-refractivity contribution is -0.135. The lowest BCUT2D eigenvalue weighted by atomic mass is 9.99. The average Bonchev–Trinajstić information content (AvgIpc) is 2.73. The van der Waals surface area contributed by atoms with E-state index in [0.717, 1.165) is 28.0 Å². The maximum absolute atomic E-state index is 13.3. The summed E-state index contributed by atoms with van der Waals surface area (Å²) in [6.07, 6.45) is 0.776. The van der Waals surface area contributed by atoms with Crippen LogP contribution in [0.3, 0.4) is 0 Å². The van der Waals surface area contributed by atoms with Crippen molar-refractivity contribution in [3.63, 3.8) is 0 Å². The summed E-state index contributed by atoms with van der Waals surface area (Å²) in [5.41, 5.74) is 3.22. The first-order valence-corrected chi connectivity index (χ1v) is 11.3. The Bertz CT molecular complexity index is 898. The molecule has 4 nitrogen and oxygen atoms in total. The number of halogens is 1. The second kappa shape index (κ2) is 9.18. The van der Waals surface area contributed by atoms with Crippen LogP contribution in [-0.2, 0) is 28.7 Å². The van der Waals surface area contributed by atoms with Gasteiger partial charge in [-0.3, -0.25) is 4.79 Å². The standard InChI is InChI=1S/C23H29FN2O2S/c1-5-26(17(4)18-6-9-21(24)10-7-18)29(28)22-11-8-20-15-25(23(27)16(2)3)13-12-19(20)14-22/h6-11,14,16-17H,5,12-13,15H2,1-4H3. The third-order valence-electron chi connectivity index (χ3n) is 5.51. The van der Waals surface area contributed by atoms with Crippen molar-refractivity contribution < 1.29 is 13.4 Å². The van der Waals surface area contributed by atoms with Gasteiger partial charge in [0.05, 0.1) is 4.90 Å². The van der Waals surface area contributed by atoms with Crippen molar-refractivity contribution in [2.45, 2.75) is 51.6 Å². The zero-order valence-corrected chi connectivity index (χ0v) is 18.3. The number of amides is 1. The molecule has 0 saturated heterocycles. The van der Waals surface area contributed by atoms with E-state index >= 15 is 0 Å². The minimum Gasteiger partial charge on any atom is -0.338 e. The molecule has 0 N–H and O–H groups in total. The van der Waals surface area contributed by atoms with Crippen LogP contribution in [0.5, 0.6) is 0 Å². The zero-order chi connectivity index (χ0) is 21.1. The van der Waals surface area contributed by atoms with Crippen LogP contribution in [-0.4, -0.2) is 32.4 Å². The monoisotopic (exact) mass is 416 g/mol. The van der Waals surface area contributed by atoms with E-state index in [4.69, 9.17) is 0 Å². The van der Waals surface area contributed by atoms with Gasteiger partial charge in [0, 0.05) is 31.6 Å². The summed E-state index contributed by atoms with van der Waals surface area (Å²) in [6.45, 7) is 9.73. The number of fused-ring (bicyclic) bond motifs is 1. The quantitative estimate of drug-likeness (QED) is 0.697. The van der Waals surface area contributed by atoms with Crippen molar-refractivity contribution in [1.29, 1.82) is 0 Å². The average molecular weight is 417 g/mol. The van der Waals surface area contributed by atoms with E-state index in [0.29, 0.717) is 19.6 Å². The fourth-order valence-electron chi connectivity index (χ4n) is 3.77. The molecule has 1 amide bonds. The van der Waals surface area contributed by atoms with Crippen molar-refractivity contribution in [1.82, 2.24) is 9.21 Å². The first-order chi connectivity index (χ1) is 13.8. The number of nitrogens with zero attached hydrogens (tertiary/aromatic N) is 2. The van der Waals surface area contributed by atoms with Gasteiger partial charge in [-0.25, -0.2) is 12.9 Å². The molecule has 2 aromatic rings. The first-order valence-electron chi connectivity index (χ1n) is 10.2. The van der Waals surface area contributed by atoms with Gasteiger partial charge < -0.3 is 4.90 Å². The van der Waals surface area contributed by atoms with Gasteiger partial charge in [-0.1, -0.05) is 39.0 Å². The Morgan fingerprint density at radius 2 is 1.83 bits per heavy atom. The number of carbonyl (C=O) groups is 1. The SMILES string of the molecule is CCN(C(C)c1ccc(F)cc1)S(=O)c1ccc2c(c1)CCN(C(=O)C(C)C)C2. The number of hydrogen-bond donors (Lipinski definition) is 0. The van der Waals surface area contributed by atoms with Gasteiger partial charge in [-0.2, -0.15) is 0 Å². The normalized spacial score (nSPS) is 16.0. The Labute approximate surface area is 175 Å². The van der Waals surface area contributed by atoms with E-state index in [2.05, 4.69) is 0 Å². The molecule has 0 saturated carbocycles. The van der Waals surface area contributed by atoms with E-state index in [9.17, 15) is 13.4 Å². The molecule has 0 fully saturated rings. The number of hydrogen-bond acceptors (Lipinski definition) is 2. The molecule has 156 valence electrons. The summed E-state index contributed by atoms with van der Waals surface area (Å²) in [6, 6.07) is 12.2. The fourth-order valence-corrected chi connectivity index (χ4v) is 5.11. The summed E-state index contributed by atoms with van der Waals surface area (Å²) in [5, 5.41) is 0. The van der Waals surface area contributed by atoms with E-state index in [1.54, 1.807) is 12.1 Å². The number of benzene rings is 2. The summed E-state index contributed by atoms with van der Waals surface area (Å²) < 4.78 is 28.5. The summed E-state index contributed by atoms with van der Waals surface area (Å²) in [7, 11) is -1.32. The highest BCUT2D eigenvalue weighted by Crippen LogP contribution is 2.28. The highest BCUT2D eigenvalue weighted by Gasteiger charge is 2.25. The summed E-state index contributed by atoms with van der Waals surface area (Å²) in [5.74, 6) is -0.104. The van der Waals surface area contributed by atoms with Gasteiger partial charge in [0.25, 0.3) is 0 Å². The lowest BCUT2D eigenvalue weighted by Gasteiger charge is -2.31. The first kappa shape index (κ1) is 21.7. The maximum Gasteiger partial charge on any atom is 0.225 e. The lowest BCUT2D eigenvalue weighted by Crippen LogP contribution is -2.38. The van der Waals surface area contributed by atoms with Crippen molar-refractivity contribution in [3.05, 3.63) is 65.0 Å². The minimum atomic E-state index is -1.32. The Morgan fingerprint density at radius 1 is 1.14 bits per heavy atom. The van der Waals surface area contributed by atoms with Gasteiger partial charge in [0.2, 0.25) is 5.91 Å². The zero-order valence-electron chi connectivity index (χ0n) is 17.5. The van der Waals surface area contributed by atoms with Gasteiger partial charge in [0.15, 0.2) is 0 Å². The topological polar surface area (TPSA) is 40.6 Å². The second-order valence-corrected chi connectivity index (χ2v) is 9.24. The van der Waals surface area contributed by atoms with Gasteiger partial charge in [-0.05, 0) is 54.3 Å². The molecule has 1 heterocycles. The maximum atomic E-state index is 13.3. The Kier molecular flexibility index (Phi) is 6.85. The highest BCUT2D eigenvalue weighted by atomic mass is 32.2. The fraction of sp³-hybridized carbons (Fsp3) is 0.435. The molecule has 1 aliphatic heterocycles. The van der Waals surface area contributed by atoms with Crippen molar-refractivity contribution in [3.8, 4) is 0 Å². The van der Waals surface area contributed by atoms with E-state index < -0.39 is 11.0 Å². The van der Waals surface area contributed by atoms with E-state index in [1.807, 2.05) is 55.1 Å². The van der Waals surface area contributed by atoms with Crippen molar-refractivity contribution in [2.75, 3.05) is 13.1 Å². The van der Waals surface area contributed by atoms with Crippen LogP contribution >= 0.6 is 0 Å². The van der Waals surface area contributed by atoms with Gasteiger partial charge >= 0.3 is 0 Å². The number of rotatable bonds is 6. The third-order valence-corrected chi connectivity index (χ3v) is 7.16. The van der Waals surface area contributed by atoms with Crippen LogP contribution in [0.4, 0.5) is 4.39 Å². The molecule has 0 aliphatic carbocycles. The number of carbonyl (C=O) groups excluding carboxylic acids is 1. The Morgan fingerprint density at radius 3 is 2.45 bits per heavy atom. The molecule has 29 heavy (non-hydrogen) atoms. The molecule has 0 bridgehead atoms. The minimum absolute atomic E-state index is 0.00520. The molecule has 2 unspecified atom stereocenters. The van der Waals surface area contributed by atoms with Crippen LogP contribution in [0.2, 0.25) is 0 Å². The third kappa shape index (κ3) is 4.75. The van der Waals surface area contributed by atoms with Gasteiger partial charge in [-0.15, -0.1) is 0 Å². The molecule has 0 radical (unpaired) electrons. The molecule has 0 aromatic heterocycles. The van der Waals surface area contributed by atoms with Crippen molar-refractivity contribution >= 4 is 16.9 Å². The predicted molar refractivity (Wildman–Crippen MR) is 114 cm³/mol. The molecular weight excluding hydrogens is 387 g/mol. The Balaban J connectivity index is 1.79. The molecule has 3 rings (SSSR count). The molecule has 1 aliphatic rings. The van der Waals surface area contributed by atoms with Crippen molar-refractivity contribution in [2.24, 2.45) is 5.92 Å². The molecule has 6 heteroatoms.